The highest BCUT2D eigenvalue weighted by Gasteiger charge is 2.26. The van der Waals surface area contributed by atoms with Crippen molar-refractivity contribution in [3.05, 3.63) is 42.1 Å². The van der Waals surface area contributed by atoms with Crippen molar-refractivity contribution < 1.29 is 4.74 Å². The molecule has 0 radical (unpaired) electrons. The summed E-state index contributed by atoms with van der Waals surface area (Å²) in [5.41, 5.74) is 2.32. The summed E-state index contributed by atoms with van der Waals surface area (Å²) in [5, 5.41) is 1.22. The molecular weight excluding hydrogens is 162 g/mol. The maximum Gasteiger partial charge on any atom is 0.107 e. The zero-order chi connectivity index (χ0) is 8.67. The van der Waals surface area contributed by atoms with Gasteiger partial charge in [-0.3, -0.25) is 4.98 Å². The number of hydrogen-bond acceptors (Lipinski definition) is 2. The van der Waals surface area contributed by atoms with E-state index < -0.39 is 0 Å². The van der Waals surface area contributed by atoms with Crippen LogP contribution in [0.1, 0.15) is 11.7 Å². The van der Waals surface area contributed by atoms with E-state index in [1.807, 2.05) is 24.4 Å². The van der Waals surface area contributed by atoms with E-state index in [4.69, 9.17) is 4.74 Å². The van der Waals surface area contributed by atoms with Crippen LogP contribution in [-0.4, -0.2) is 11.6 Å². The van der Waals surface area contributed by atoms with Gasteiger partial charge in [0.1, 0.15) is 6.10 Å². The Morgan fingerprint density at radius 2 is 2.15 bits per heavy atom. The standard InChI is InChI=1S/C11H9NO/c1-3-9(11-7-13-11)8-4-2-6-12-10(8)5-1/h1-6,11H,7H2. The molecule has 1 aliphatic rings. The first-order valence-electron chi connectivity index (χ1n) is 4.40. The second kappa shape index (κ2) is 2.54. The van der Waals surface area contributed by atoms with Crippen LogP contribution in [0.4, 0.5) is 0 Å². The molecule has 13 heavy (non-hydrogen) atoms. The third-order valence-corrected chi connectivity index (χ3v) is 2.36. The van der Waals surface area contributed by atoms with Crippen molar-refractivity contribution >= 4 is 10.9 Å². The summed E-state index contributed by atoms with van der Waals surface area (Å²) in [4.78, 5) is 4.30. The van der Waals surface area contributed by atoms with Gasteiger partial charge in [0, 0.05) is 11.6 Å². The summed E-state index contributed by atoms with van der Waals surface area (Å²) < 4.78 is 5.27. The number of nitrogens with zero attached hydrogens (tertiary/aromatic N) is 1. The maximum absolute atomic E-state index is 5.27. The lowest BCUT2D eigenvalue weighted by Crippen LogP contribution is -1.85. The van der Waals surface area contributed by atoms with Crippen LogP contribution >= 0.6 is 0 Å². The second-order valence-corrected chi connectivity index (χ2v) is 3.24. The monoisotopic (exact) mass is 171 g/mol. The number of pyridine rings is 1. The van der Waals surface area contributed by atoms with Gasteiger partial charge in [-0.1, -0.05) is 18.2 Å². The summed E-state index contributed by atoms with van der Waals surface area (Å²) in [6.07, 6.45) is 2.13. The molecule has 1 saturated heterocycles. The van der Waals surface area contributed by atoms with E-state index in [-0.39, 0.29) is 0 Å². The lowest BCUT2D eigenvalue weighted by atomic mass is 10.1. The molecule has 64 valence electrons. The molecule has 2 nitrogen and oxygen atoms in total. The zero-order valence-electron chi connectivity index (χ0n) is 7.10. The predicted octanol–water partition coefficient (Wildman–Crippen LogP) is 2.31. The lowest BCUT2D eigenvalue weighted by molar-refractivity contribution is 0.417. The maximum atomic E-state index is 5.27. The topological polar surface area (TPSA) is 25.4 Å². The molecule has 2 heterocycles. The highest BCUT2D eigenvalue weighted by molar-refractivity contribution is 5.82. The quantitative estimate of drug-likeness (QED) is 0.615. The fourth-order valence-corrected chi connectivity index (χ4v) is 1.64. The average Bonchev–Trinajstić information content (AvgIpc) is 3.00. The normalized spacial score (nSPS) is 20.5. The smallest absolute Gasteiger partial charge is 0.107 e. The first-order chi connectivity index (χ1) is 6.45. The van der Waals surface area contributed by atoms with E-state index in [2.05, 4.69) is 17.1 Å². The average molecular weight is 171 g/mol. The van der Waals surface area contributed by atoms with Crippen molar-refractivity contribution in [3.8, 4) is 0 Å². The van der Waals surface area contributed by atoms with Crippen molar-refractivity contribution in [2.24, 2.45) is 0 Å². The molecular formula is C11H9NO. The number of rotatable bonds is 1. The Morgan fingerprint density at radius 1 is 1.23 bits per heavy atom. The van der Waals surface area contributed by atoms with Crippen LogP contribution < -0.4 is 0 Å². The number of benzene rings is 1. The van der Waals surface area contributed by atoms with Gasteiger partial charge < -0.3 is 4.74 Å². The molecule has 1 atom stereocenters. The van der Waals surface area contributed by atoms with Gasteiger partial charge in [0.05, 0.1) is 12.1 Å². The molecule has 0 saturated carbocycles. The van der Waals surface area contributed by atoms with E-state index in [0.29, 0.717) is 6.10 Å². The van der Waals surface area contributed by atoms with Crippen LogP contribution in [0.3, 0.4) is 0 Å². The summed E-state index contributed by atoms with van der Waals surface area (Å²) in [6.45, 7) is 0.855. The van der Waals surface area contributed by atoms with Gasteiger partial charge in [0.2, 0.25) is 0 Å². The molecule has 1 aromatic heterocycles. The van der Waals surface area contributed by atoms with Crippen molar-refractivity contribution in [2.45, 2.75) is 6.10 Å². The van der Waals surface area contributed by atoms with Crippen molar-refractivity contribution in [1.82, 2.24) is 4.98 Å². The number of aromatic nitrogens is 1. The van der Waals surface area contributed by atoms with Crippen LogP contribution in [0.15, 0.2) is 36.5 Å². The van der Waals surface area contributed by atoms with E-state index >= 15 is 0 Å². The van der Waals surface area contributed by atoms with Gasteiger partial charge in [-0.25, -0.2) is 0 Å². The van der Waals surface area contributed by atoms with Crippen LogP contribution in [0, 0.1) is 0 Å². The molecule has 3 rings (SSSR count). The fourth-order valence-electron chi connectivity index (χ4n) is 1.64. The van der Waals surface area contributed by atoms with Gasteiger partial charge in [0.25, 0.3) is 0 Å². The van der Waals surface area contributed by atoms with E-state index in [0.717, 1.165) is 12.1 Å². The zero-order valence-corrected chi connectivity index (χ0v) is 7.10. The third-order valence-electron chi connectivity index (χ3n) is 2.36. The molecule has 2 aromatic rings. The Balaban J connectivity index is 2.32. The van der Waals surface area contributed by atoms with Gasteiger partial charge in [-0.05, 0) is 17.7 Å². The van der Waals surface area contributed by atoms with Gasteiger partial charge in [-0.2, -0.15) is 0 Å². The van der Waals surface area contributed by atoms with Gasteiger partial charge in [0.15, 0.2) is 0 Å². The van der Waals surface area contributed by atoms with Crippen LogP contribution in [-0.2, 0) is 4.74 Å². The molecule has 0 spiro atoms. The molecule has 0 aliphatic carbocycles. The third kappa shape index (κ3) is 1.11. The first kappa shape index (κ1) is 7.04. The number of ether oxygens (including phenoxy) is 1. The first-order valence-corrected chi connectivity index (χ1v) is 4.40. The molecule has 0 amide bonds. The van der Waals surface area contributed by atoms with Crippen molar-refractivity contribution in [2.75, 3.05) is 6.61 Å². The molecule has 0 bridgehead atoms. The predicted molar refractivity (Wildman–Crippen MR) is 50.4 cm³/mol. The Hall–Kier alpha value is -1.41. The summed E-state index contributed by atoms with van der Waals surface area (Å²) in [5.74, 6) is 0. The minimum Gasteiger partial charge on any atom is -0.368 e. The minimum atomic E-state index is 0.313. The summed E-state index contributed by atoms with van der Waals surface area (Å²) in [6, 6.07) is 10.2. The van der Waals surface area contributed by atoms with Gasteiger partial charge in [-0.15, -0.1) is 0 Å². The number of fused-ring (bicyclic) bond motifs is 1. The highest BCUT2D eigenvalue weighted by atomic mass is 16.6. The van der Waals surface area contributed by atoms with Crippen molar-refractivity contribution in [1.29, 1.82) is 0 Å². The Kier molecular flexibility index (Phi) is 1.37. The SMILES string of the molecule is c1cc(C2CO2)c2cccnc2c1. The molecule has 0 N–H and O–H groups in total. The molecule has 2 heteroatoms. The molecule has 1 aromatic carbocycles. The number of hydrogen-bond donors (Lipinski definition) is 0. The molecule has 1 fully saturated rings. The Labute approximate surface area is 76.2 Å². The van der Waals surface area contributed by atoms with Crippen LogP contribution in [0.5, 0.6) is 0 Å². The van der Waals surface area contributed by atoms with Crippen LogP contribution in [0.25, 0.3) is 10.9 Å². The fraction of sp³-hybridized carbons (Fsp3) is 0.182. The number of epoxide rings is 1. The minimum absolute atomic E-state index is 0.313. The lowest BCUT2D eigenvalue weighted by Gasteiger charge is -2.01. The summed E-state index contributed by atoms with van der Waals surface area (Å²) in [7, 11) is 0. The van der Waals surface area contributed by atoms with E-state index in [1.165, 1.54) is 10.9 Å². The van der Waals surface area contributed by atoms with Gasteiger partial charge >= 0.3 is 0 Å². The Morgan fingerprint density at radius 3 is 3.00 bits per heavy atom. The van der Waals surface area contributed by atoms with Crippen molar-refractivity contribution in [3.63, 3.8) is 0 Å². The Bertz CT molecular complexity index is 443. The highest BCUT2D eigenvalue weighted by Crippen LogP contribution is 2.33. The van der Waals surface area contributed by atoms with E-state index in [1.54, 1.807) is 0 Å². The second-order valence-electron chi connectivity index (χ2n) is 3.24. The summed E-state index contributed by atoms with van der Waals surface area (Å²) >= 11 is 0. The largest absolute Gasteiger partial charge is 0.368 e. The van der Waals surface area contributed by atoms with Crippen LogP contribution in [0.2, 0.25) is 0 Å². The molecule has 1 unspecified atom stereocenters. The molecule has 1 aliphatic heterocycles. The van der Waals surface area contributed by atoms with E-state index in [9.17, 15) is 0 Å².